The zero-order valence-electron chi connectivity index (χ0n) is 12.3. The number of halogens is 4. The largest absolute Gasteiger partial charge is 0.417 e. The summed E-state index contributed by atoms with van der Waals surface area (Å²) in [5.74, 6) is -0.631. The molecular formula is C15H9BrF3N3O2S. The summed E-state index contributed by atoms with van der Waals surface area (Å²) in [6, 6.07) is 4.96. The van der Waals surface area contributed by atoms with Gasteiger partial charge >= 0.3 is 6.18 Å². The average Bonchev–Trinajstić information content (AvgIpc) is 3.00. The molecule has 0 fully saturated rings. The molecule has 0 aliphatic rings. The van der Waals surface area contributed by atoms with E-state index in [0.29, 0.717) is 10.2 Å². The second kappa shape index (κ2) is 6.60. The number of fused-ring (bicyclic) bond motifs is 1. The Balaban J connectivity index is 1.80. The highest BCUT2D eigenvalue weighted by Crippen LogP contribution is 2.36. The number of rotatable bonds is 3. The summed E-state index contributed by atoms with van der Waals surface area (Å²) >= 11 is 4.13. The lowest BCUT2D eigenvalue weighted by Gasteiger charge is -2.12. The molecule has 0 radical (unpaired) electrons. The Labute approximate surface area is 151 Å². The predicted molar refractivity (Wildman–Crippen MR) is 91.7 cm³/mol. The van der Waals surface area contributed by atoms with Crippen molar-refractivity contribution in [2.75, 3.05) is 5.32 Å². The van der Waals surface area contributed by atoms with Crippen molar-refractivity contribution in [3.05, 3.63) is 56.4 Å². The summed E-state index contributed by atoms with van der Waals surface area (Å²) in [6.45, 7) is -0.352. The van der Waals surface area contributed by atoms with E-state index in [-0.39, 0.29) is 22.3 Å². The Morgan fingerprint density at radius 3 is 2.80 bits per heavy atom. The maximum Gasteiger partial charge on any atom is 0.417 e. The van der Waals surface area contributed by atoms with E-state index in [0.717, 1.165) is 10.6 Å². The van der Waals surface area contributed by atoms with Gasteiger partial charge < -0.3 is 5.32 Å². The monoisotopic (exact) mass is 431 g/mol. The minimum atomic E-state index is -4.55. The van der Waals surface area contributed by atoms with Gasteiger partial charge in [0, 0.05) is 10.2 Å². The highest BCUT2D eigenvalue weighted by molar-refractivity contribution is 9.10. The minimum absolute atomic E-state index is 0.0156. The van der Waals surface area contributed by atoms with Crippen LogP contribution in [0.1, 0.15) is 5.56 Å². The van der Waals surface area contributed by atoms with Crippen LogP contribution in [0.15, 0.2) is 45.2 Å². The number of thiophene rings is 1. The summed E-state index contributed by atoms with van der Waals surface area (Å²) in [5, 5.41) is 4.46. The molecule has 10 heteroatoms. The maximum atomic E-state index is 12.9. The number of carbonyl (C=O) groups excluding carboxylic acids is 1. The van der Waals surface area contributed by atoms with Gasteiger partial charge in [0.1, 0.15) is 11.4 Å². The lowest BCUT2D eigenvalue weighted by atomic mass is 10.2. The van der Waals surface area contributed by atoms with Crippen LogP contribution in [0.25, 0.3) is 10.2 Å². The molecule has 0 atom stereocenters. The van der Waals surface area contributed by atoms with Crippen LogP contribution in [0.2, 0.25) is 0 Å². The second-order valence-corrected chi connectivity index (χ2v) is 6.81. The third-order valence-corrected chi connectivity index (χ3v) is 4.83. The standard InChI is InChI=1S/C15H9BrF3N3O2S/c16-11-2-1-8(5-10(11)15(17,18)19)21-12(23)6-22-7-20-13-9(14(22)24)3-4-25-13/h1-5,7H,6H2,(H,21,23). The normalized spacial score (nSPS) is 11.7. The van der Waals surface area contributed by atoms with Crippen molar-refractivity contribution in [2.45, 2.75) is 12.7 Å². The Bertz CT molecular complexity index is 1010. The molecule has 2 aromatic heterocycles. The van der Waals surface area contributed by atoms with Crippen LogP contribution in [0.3, 0.4) is 0 Å². The van der Waals surface area contributed by atoms with Gasteiger partial charge in [-0.25, -0.2) is 4.98 Å². The van der Waals surface area contributed by atoms with Crippen molar-refractivity contribution in [3.63, 3.8) is 0 Å². The number of hydrogen-bond donors (Lipinski definition) is 1. The van der Waals surface area contributed by atoms with Crippen LogP contribution >= 0.6 is 27.3 Å². The van der Waals surface area contributed by atoms with Crippen LogP contribution in [0, 0.1) is 0 Å². The highest BCUT2D eigenvalue weighted by Gasteiger charge is 2.33. The van der Waals surface area contributed by atoms with Crippen molar-refractivity contribution in [2.24, 2.45) is 0 Å². The van der Waals surface area contributed by atoms with E-state index in [1.807, 2.05) is 0 Å². The molecule has 1 aromatic carbocycles. The molecule has 0 unspecified atom stereocenters. The summed E-state index contributed by atoms with van der Waals surface area (Å²) in [6.07, 6.45) is -3.31. The SMILES string of the molecule is O=C(Cn1cnc2sccc2c1=O)Nc1ccc(Br)c(C(F)(F)F)c1. The fourth-order valence-electron chi connectivity index (χ4n) is 2.18. The Morgan fingerprint density at radius 1 is 1.32 bits per heavy atom. The van der Waals surface area contributed by atoms with Gasteiger partial charge in [-0.3, -0.25) is 14.2 Å². The second-order valence-electron chi connectivity index (χ2n) is 5.06. The molecule has 3 aromatic rings. The van der Waals surface area contributed by atoms with E-state index in [9.17, 15) is 22.8 Å². The molecule has 0 saturated carbocycles. The molecule has 2 heterocycles. The summed E-state index contributed by atoms with van der Waals surface area (Å²) in [4.78, 5) is 28.9. The van der Waals surface area contributed by atoms with Crippen molar-refractivity contribution in [3.8, 4) is 0 Å². The number of aromatic nitrogens is 2. The number of anilines is 1. The van der Waals surface area contributed by atoms with Crippen molar-refractivity contribution in [1.29, 1.82) is 0 Å². The fraction of sp³-hybridized carbons (Fsp3) is 0.133. The van der Waals surface area contributed by atoms with E-state index in [2.05, 4.69) is 26.2 Å². The molecule has 3 rings (SSSR count). The lowest BCUT2D eigenvalue weighted by Crippen LogP contribution is -2.27. The van der Waals surface area contributed by atoms with E-state index in [4.69, 9.17) is 0 Å². The molecule has 0 aliphatic heterocycles. The van der Waals surface area contributed by atoms with Crippen molar-refractivity contribution >= 4 is 49.1 Å². The molecule has 0 bridgehead atoms. The fourth-order valence-corrected chi connectivity index (χ4v) is 3.38. The Morgan fingerprint density at radius 2 is 2.08 bits per heavy atom. The van der Waals surface area contributed by atoms with E-state index >= 15 is 0 Å². The highest BCUT2D eigenvalue weighted by atomic mass is 79.9. The van der Waals surface area contributed by atoms with Gasteiger partial charge in [0.25, 0.3) is 5.56 Å². The van der Waals surface area contributed by atoms with E-state index in [1.165, 1.54) is 29.8 Å². The van der Waals surface area contributed by atoms with Gasteiger partial charge in [0.2, 0.25) is 5.91 Å². The number of benzene rings is 1. The van der Waals surface area contributed by atoms with Crippen LogP contribution in [0.4, 0.5) is 18.9 Å². The first-order valence-electron chi connectivity index (χ1n) is 6.85. The topological polar surface area (TPSA) is 64.0 Å². The molecule has 1 amide bonds. The van der Waals surface area contributed by atoms with Crippen LogP contribution in [-0.2, 0) is 17.5 Å². The quantitative estimate of drug-likeness (QED) is 0.684. The van der Waals surface area contributed by atoms with Gasteiger partial charge in [-0.15, -0.1) is 11.3 Å². The van der Waals surface area contributed by atoms with Crippen LogP contribution < -0.4 is 10.9 Å². The van der Waals surface area contributed by atoms with E-state index < -0.39 is 17.6 Å². The molecule has 5 nitrogen and oxygen atoms in total. The lowest BCUT2D eigenvalue weighted by molar-refractivity contribution is -0.138. The molecule has 25 heavy (non-hydrogen) atoms. The first-order valence-corrected chi connectivity index (χ1v) is 8.52. The minimum Gasteiger partial charge on any atom is -0.325 e. The zero-order chi connectivity index (χ0) is 18.2. The van der Waals surface area contributed by atoms with Gasteiger partial charge in [-0.1, -0.05) is 15.9 Å². The Kier molecular flexibility index (Phi) is 4.65. The maximum absolute atomic E-state index is 12.9. The Hall–Kier alpha value is -2.20. The molecule has 0 saturated heterocycles. The zero-order valence-corrected chi connectivity index (χ0v) is 14.7. The third kappa shape index (κ3) is 3.74. The van der Waals surface area contributed by atoms with Crippen molar-refractivity contribution < 1.29 is 18.0 Å². The van der Waals surface area contributed by atoms with Crippen LogP contribution in [0.5, 0.6) is 0 Å². The summed E-state index contributed by atoms with van der Waals surface area (Å²) in [7, 11) is 0. The molecule has 0 spiro atoms. The van der Waals surface area contributed by atoms with Gasteiger partial charge in [0.15, 0.2) is 0 Å². The average molecular weight is 432 g/mol. The molecule has 1 N–H and O–H groups in total. The van der Waals surface area contributed by atoms with Crippen molar-refractivity contribution in [1.82, 2.24) is 9.55 Å². The van der Waals surface area contributed by atoms with Gasteiger partial charge in [-0.05, 0) is 29.6 Å². The smallest absolute Gasteiger partial charge is 0.325 e. The number of carbonyl (C=O) groups is 1. The number of alkyl halides is 3. The molecule has 130 valence electrons. The predicted octanol–water partition coefficient (Wildman–Crippen LogP) is 3.88. The van der Waals surface area contributed by atoms with Gasteiger partial charge in [-0.2, -0.15) is 13.2 Å². The number of nitrogens with one attached hydrogen (secondary N) is 1. The third-order valence-electron chi connectivity index (χ3n) is 3.32. The summed E-state index contributed by atoms with van der Waals surface area (Å²) < 4.78 is 39.6. The first-order chi connectivity index (χ1) is 11.8. The summed E-state index contributed by atoms with van der Waals surface area (Å²) in [5.41, 5.74) is -1.30. The number of hydrogen-bond acceptors (Lipinski definition) is 4. The van der Waals surface area contributed by atoms with E-state index in [1.54, 1.807) is 11.4 Å². The number of amides is 1. The molecule has 0 aliphatic carbocycles. The van der Waals surface area contributed by atoms with Crippen LogP contribution in [-0.4, -0.2) is 15.5 Å². The first kappa shape index (κ1) is 17.6. The molecular weight excluding hydrogens is 423 g/mol. The van der Waals surface area contributed by atoms with Gasteiger partial charge in [0.05, 0.1) is 17.3 Å². The number of nitrogens with zero attached hydrogens (tertiary/aromatic N) is 2.